The number of furan rings is 1. The second-order valence-electron chi connectivity index (χ2n) is 8.64. The summed E-state index contributed by atoms with van der Waals surface area (Å²) in [6.07, 6.45) is 4.92. The van der Waals surface area contributed by atoms with E-state index in [0.29, 0.717) is 17.1 Å². The third-order valence-corrected chi connectivity index (χ3v) is 6.99. The number of nitriles is 1. The maximum Gasteiger partial charge on any atom is 0.196 e. The molecule has 0 bridgehead atoms. The molecule has 5 nitrogen and oxygen atoms in total. The summed E-state index contributed by atoms with van der Waals surface area (Å²) < 4.78 is 11.3. The quantitative estimate of drug-likeness (QED) is 0.688. The second kappa shape index (κ2) is 7.73. The summed E-state index contributed by atoms with van der Waals surface area (Å²) in [6, 6.07) is 6.31. The molecule has 0 spiro atoms. The van der Waals surface area contributed by atoms with Crippen LogP contribution in [0.1, 0.15) is 49.0 Å². The summed E-state index contributed by atoms with van der Waals surface area (Å²) in [5.41, 5.74) is 2.26. The minimum atomic E-state index is 0.294. The topological polar surface area (TPSA) is 61.8 Å². The van der Waals surface area contributed by atoms with E-state index in [1.807, 2.05) is 12.1 Å². The number of hydrogen-bond donors (Lipinski definition) is 0. The van der Waals surface area contributed by atoms with Crippen LogP contribution in [0.25, 0.3) is 0 Å². The lowest BCUT2D eigenvalue weighted by molar-refractivity contribution is 0.120. The van der Waals surface area contributed by atoms with E-state index in [0.717, 1.165) is 62.0 Å². The van der Waals surface area contributed by atoms with E-state index < -0.39 is 0 Å². The van der Waals surface area contributed by atoms with Gasteiger partial charge in [-0.05, 0) is 42.2 Å². The molecule has 0 N–H and O–H groups in total. The maximum absolute atomic E-state index is 9.70. The van der Waals surface area contributed by atoms with Crippen molar-refractivity contribution in [2.24, 2.45) is 16.3 Å². The number of thiophene rings is 1. The molecule has 1 saturated heterocycles. The standard InChI is InChI=1S/C22H27N3O2S/c1-22(2,3)15-4-6-17-18(13-23)21(28-19(17)12-15)24-14-16-5-7-20(27-16)25-8-10-26-11-9-25/h5,7,14-15H,4,6,8-12H2,1-3H3/t15-/m1/s1. The van der Waals surface area contributed by atoms with Crippen molar-refractivity contribution in [2.75, 3.05) is 31.2 Å². The van der Waals surface area contributed by atoms with Gasteiger partial charge in [0.2, 0.25) is 0 Å². The molecular formula is C22H27N3O2S. The lowest BCUT2D eigenvalue weighted by Crippen LogP contribution is -2.35. The minimum absolute atomic E-state index is 0.294. The van der Waals surface area contributed by atoms with E-state index >= 15 is 0 Å². The first-order chi connectivity index (χ1) is 13.5. The van der Waals surface area contributed by atoms with Crippen LogP contribution < -0.4 is 4.90 Å². The lowest BCUT2D eigenvalue weighted by Gasteiger charge is -2.33. The highest BCUT2D eigenvalue weighted by Crippen LogP contribution is 2.44. The Bertz CT molecular complexity index is 907. The Balaban J connectivity index is 1.53. The van der Waals surface area contributed by atoms with E-state index in [-0.39, 0.29) is 0 Å². The van der Waals surface area contributed by atoms with Crippen molar-refractivity contribution >= 4 is 28.4 Å². The first kappa shape index (κ1) is 19.2. The Morgan fingerprint density at radius 3 is 2.79 bits per heavy atom. The molecule has 0 amide bonds. The van der Waals surface area contributed by atoms with Gasteiger partial charge in [0.1, 0.15) is 16.8 Å². The van der Waals surface area contributed by atoms with E-state index in [4.69, 9.17) is 9.15 Å². The Morgan fingerprint density at radius 2 is 2.07 bits per heavy atom. The zero-order valence-corrected chi connectivity index (χ0v) is 17.6. The largest absolute Gasteiger partial charge is 0.440 e. The number of ether oxygens (including phenoxy) is 1. The SMILES string of the molecule is CC(C)(C)[C@@H]1CCc2c(sc(N=Cc3ccc(N4CCOCC4)o3)c2C#N)C1. The van der Waals surface area contributed by atoms with E-state index in [2.05, 4.69) is 36.7 Å². The molecule has 1 aliphatic carbocycles. The van der Waals surface area contributed by atoms with Gasteiger partial charge in [-0.25, -0.2) is 4.99 Å². The highest BCUT2D eigenvalue weighted by Gasteiger charge is 2.32. The fraction of sp³-hybridized carbons (Fsp3) is 0.545. The van der Waals surface area contributed by atoms with Crippen LogP contribution >= 0.6 is 11.3 Å². The van der Waals surface area contributed by atoms with Crippen LogP contribution in [-0.4, -0.2) is 32.5 Å². The van der Waals surface area contributed by atoms with Gasteiger partial charge in [0.15, 0.2) is 5.88 Å². The molecule has 0 unspecified atom stereocenters. The van der Waals surface area contributed by atoms with Gasteiger partial charge in [-0.1, -0.05) is 20.8 Å². The first-order valence-electron chi connectivity index (χ1n) is 9.97. The van der Waals surface area contributed by atoms with Gasteiger partial charge in [0.05, 0.1) is 25.0 Å². The number of anilines is 1. The summed E-state index contributed by atoms with van der Waals surface area (Å²) in [5, 5.41) is 10.5. The predicted molar refractivity (Wildman–Crippen MR) is 113 cm³/mol. The Hall–Kier alpha value is -2.10. The Kier molecular flexibility index (Phi) is 5.31. The molecule has 28 heavy (non-hydrogen) atoms. The maximum atomic E-state index is 9.70. The zero-order valence-electron chi connectivity index (χ0n) is 16.8. The number of nitrogens with zero attached hydrogens (tertiary/aromatic N) is 3. The van der Waals surface area contributed by atoms with Crippen LogP contribution in [0, 0.1) is 22.7 Å². The monoisotopic (exact) mass is 397 g/mol. The third-order valence-electron chi connectivity index (χ3n) is 5.83. The molecule has 4 rings (SSSR count). The van der Waals surface area contributed by atoms with Crippen LogP contribution in [-0.2, 0) is 17.6 Å². The van der Waals surface area contributed by atoms with E-state index in [1.54, 1.807) is 17.6 Å². The second-order valence-corrected chi connectivity index (χ2v) is 9.72. The summed E-state index contributed by atoms with van der Waals surface area (Å²) in [5.74, 6) is 2.22. The van der Waals surface area contributed by atoms with Crippen molar-refractivity contribution < 1.29 is 9.15 Å². The smallest absolute Gasteiger partial charge is 0.196 e. The van der Waals surface area contributed by atoms with Gasteiger partial charge in [0, 0.05) is 24.0 Å². The number of aliphatic imine (C=N–C) groups is 1. The summed E-state index contributed by atoms with van der Waals surface area (Å²) in [7, 11) is 0. The van der Waals surface area contributed by atoms with E-state index in [9.17, 15) is 5.26 Å². The molecule has 1 aliphatic heterocycles. The fourth-order valence-corrected chi connectivity index (χ4v) is 5.23. The van der Waals surface area contributed by atoms with Crippen LogP contribution in [0.2, 0.25) is 0 Å². The molecular weight excluding hydrogens is 370 g/mol. The fourth-order valence-electron chi connectivity index (χ4n) is 4.00. The molecule has 148 valence electrons. The predicted octanol–water partition coefficient (Wildman–Crippen LogP) is 4.95. The molecule has 1 fully saturated rings. The zero-order chi connectivity index (χ0) is 19.7. The van der Waals surface area contributed by atoms with Gasteiger partial charge >= 0.3 is 0 Å². The highest BCUT2D eigenvalue weighted by atomic mass is 32.1. The molecule has 0 radical (unpaired) electrons. The lowest BCUT2D eigenvalue weighted by atomic mass is 9.72. The van der Waals surface area contributed by atoms with Crippen molar-refractivity contribution in [2.45, 2.75) is 40.0 Å². The Labute approximate surface area is 170 Å². The number of hydrogen-bond acceptors (Lipinski definition) is 6. The molecule has 0 saturated carbocycles. The average molecular weight is 398 g/mol. The molecule has 0 aromatic carbocycles. The van der Waals surface area contributed by atoms with Crippen LogP contribution in [0.15, 0.2) is 21.5 Å². The summed E-state index contributed by atoms with van der Waals surface area (Å²) in [4.78, 5) is 8.15. The summed E-state index contributed by atoms with van der Waals surface area (Å²) in [6.45, 7) is 10.1. The molecule has 6 heteroatoms. The van der Waals surface area contributed by atoms with Gasteiger partial charge in [-0.3, -0.25) is 0 Å². The number of fused-ring (bicyclic) bond motifs is 1. The van der Waals surface area contributed by atoms with Crippen molar-refractivity contribution in [1.29, 1.82) is 5.26 Å². The van der Waals surface area contributed by atoms with Crippen LogP contribution in [0.5, 0.6) is 0 Å². The summed E-state index contributed by atoms with van der Waals surface area (Å²) >= 11 is 1.67. The van der Waals surface area contributed by atoms with Gasteiger partial charge in [-0.15, -0.1) is 11.3 Å². The normalized spacial score (nSPS) is 20.4. The molecule has 2 aromatic rings. The van der Waals surface area contributed by atoms with Gasteiger partial charge in [0.25, 0.3) is 0 Å². The third kappa shape index (κ3) is 3.87. The van der Waals surface area contributed by atoms with Crippen molar-refractivity contribution in [3.63, 3.8) is 0 Å². The number of rotatable bonds is 3. The highest BCUT2D eigenvalue weighted by molar-refractivity contribution is 7.16. The molecule has 2 aromatic heterocycles. The van der Waals surface area contributed by atoms with Crippen LogP contribution in [0.3, 0.4) is 0 Å². The van der Waals surface area contributed by atoms with Gasteiger partial charge < -0.3 is 14.1 Å². The minimum Gasteiger partial charge on any atom is -0.440 e. The molecule has 1 atom stereocenters. The van der Waals surface area contributed by atoms with Crippen LogP contribution in [0.4, 0.5) is 10.9 Å². The van der Waals surface area contributed by atoms with Crippen molar-refractivity contribution in [3.05, 3.63) is 33.9 Å². The number of morpholine rings is 1. The van der Waals surface area contributed by atoms with Crippen molar-refractivity contribution in [1.82, 2.24) is 0 Å². The van der Waals surface area contributed by atoms with E-state index in [1.165, 1.54) is 10.4 Å². The van der Waals surface area contributed by atoms with Gasteiger partial charge in [-0.2, -0.15) is 5.26 Å². The first-order valence-corrected chi connectivity index (χ1v) is 10.8. The van der Waals surface area contributed by atoms with Crippen molar-refractivity contribution in [3.8, 4) is 6.07 Å². The average Bonchev–Trinajstić information content (AvgIpc) is 3.30. The Morgan fingerprint density at radius 1 is 1.29 bits per heavy atom. The molecule has 3 heterocycles. The molecule has 2 aliphatic rings.